The second-order valence-corrected chi connectivity index (χ2v) is 8.38. The quantitative estimate of drug-likeness (QED) is 0.656. The van der Waals surface area contributed by atoms with Gasteiger partial charge in [0, 0.05) is 18.6 Å². The summed E-state index contributed by atoms with van der Waals surface area (Å²) in [6.45, 7) is 0.550. The van der Waals surface area contributed by atoms with Crippen LogP contribution >= 0.6 is 11.6 Å². The van der Waals surface area contributed by atoms with Crippen LogP contribution in [0.3, 0.4) is 0 Å². The molecule has 7 nitrogen and oxygen atoms in total. The van der Waals surface area contributed by atoms with E-state index in [1.54, 1.807) is 18.0 Å². The number of rotatable bonds is 6. The molecule has 1 aromatic heterocycles. The third-order valence-electron chi connectivity index (χ3n) is 4.08. The first-order valence-electron chi connectivity index (χ1n) is 8.29. The number of nitrogens with zero attached hydrogens (tertiary/aromatic N) is 3. The second kappa shape index (κ2) is 8.04. The molecule has 0 spiro atoms. The fourth-order valence-electron chi connectivity index (χ4n) is 2.67. The SMILES string of the molecule is COc1ccc(Cl)cc1S(=O)(=O)c1cnc(N(C)Cc2ccccc2)nc1N. The molecule has 2 N–H and O–H groups in total. The number of hydrogen-bond acceptors (Lipinski definition) is 7. The maximum Gasteiger partial charge on any atom is 0.227 e. The van der Waals surface area contributed by atoms with E-state index in [0.717, 1.165) is 5.56 Å². The highest BCUT2D eigenvalue weighted by atomic mass is 35.5. The van der Waals surface area contributed by atoms with Crippen molar-refractivity contribution in [3.63, 3.8) is 0 Å². The first-order chi connectivity index (χ1) is 13.3. The van der Waals surface area contributed by atoms with Gasteiger partial charge in [0.05, 0.1) is 13.3 Å². The zero-order chi connectivity index (χ0) is 20.3. The van der Waals surface area contributed by atoms with Gasteiger partial charge in [-0.05, 0) is 23.8 Å². The lowest BCUT2D eigenvalue weighted by Crippen LogP contribution is -2.20. The molecule has 0 atom stereocenters. The number of anilines is 2. The Balaban J connectivity index is 1.95. The number of halogens is 1. The van der Waals surface area contributed by atoms with Gasteiger partial charge in [-0.2, -0.15) is 4.98 Å². The molecule has 0 radical (unpaired) electrons. The predicted molar refractivity (Wildman–Crippen MR) is 108 cm³/mol. The molecule has 2 aromatic carbocycles. The van der Waals surface area contributed by atoms with Gasteiger partial charge < -0.3 is 15.4 Å². The standard InChI is InChI=1S/C19H19ClN4O3S/c1-24(12-13-6-4-3-5-7-13)19-22-11-17(18(21)23-19)28(25,26)16-10-14(20)8-9-15(16)27-2/h3-11H,12H2,1-2H3,(H2,21,22,23). The van der Waals surface area contributed by atoms with E-state index in [1.807, 2.05) is 30.3 Å². The number of nitrogens with two attached hydrogens (primary N) is 1. The van der Waals surface area contributed by atoms with Gasteiger partial charge in [-0.1, -0.05) is 41.9 Å². The summed E-state index contributed by atoms with van der Waals surface area (Å²) >= 11 is 5.96. The van der Waals surface area contributed by atoms with Gasteiger partial charge in [0.15, 0.2) is 0 Å². The van der Waals surface area contributed by atoms with Gasteiger partial charge in [-0.25, -0.2) is 13.4 Å². The van der Waals surface area contributed by atoms with E-state index < -0.39 is 9.84 Å². The summed E-state index contributed by atoms with van der Waals surface area (Å²) in [5.74, 6) is 0.333. The summed E-state index contributed by atoms with van der Waals surface area (Å²) < 4.78 is 31.2. The Morgan fingerprint density at radius 1 is 1.14 bits per heavy atom. The number of methoxy groups -OCH3 is 1. The van der Waals surface area contributed by atoms with Crippen molar-refractivity contribution in [3.8, 4) is 5.75 Å². The van der Waals surface area contributed by atoms with E-state index in [2.05, 4.69) is 9.97 Å². The van der Waals surface area contributed by atoms with Crippen molar-refractivity contribution in [2.75, 3.05) is 24.8 Å². The third-order valence-corrected chi connectivity index (χ3v) is 6.11. The van der Waals surface area contributed by atoms with Crippen molar-refractivity contribution < 1.29 is 13.2 Å². The molecule has 0 saturated heterocycles. The van der Waals surface area contributed by atoms with Crippen LogP contribution in [-0.2, 0) is 16.4 Å². The molecule has 0 aliphatic rings. The predicted octanol–water partition coefficient (Wildman–Crippen LogP) is 3.19. The van der Waals surface area contributed by atoms with Crippen LogP contribution in [-0.4, -0.2) is 32.5 Å². The molecular formula is C19H19ClN4O3S. The molecule has 0 bridgehead atoms. The van der Waals surface area contributed by atoms with Crippen LogP contribution in [0, 0.1) is 0 Å². The first kappa shape index (κ1) is 19.9. The highest BCUT2D eigenvalue weighted by Crippen LogP contribution is 2.33. The summed E-state index contributed by atoms with van der Waals surface area (Å²) in [5.41, 5.74) is 7.04. The van der Waals surface area contributed by atoms with Crippen LogP contribution in [0.5, 0.6) is 5.75 Å². The number of sulfone groups is 1. The lowest BCUT2D eigenvalue weighted by Gasteiger charge is -2.18. The average Bonchev–Trinajstić information content (AvgIpc) is 2.68. The summed E-state index contributed by atoms with van der Waals surface area (Å²) in [5, 5.41) is 0.262. The van der Waals surface area contributed by atoms with Crippen LogP contribution < -0.4 is 15.4 Å². The fourth-order valence-corrected chi connectivity index (χ4v) is 4.36. The van der Waals surface area contributed by atoms with Crippen molar-refractivity contribution >= 4 is 33.2 Å². The highest BCUT2D eigenvalue weighted by Gasteiger charge is 2.27. The molecule has 0 fully saturated rings. The summed E-state index contributed by atoms with van der Waals surface area (Å²) in [6.07, 6.45) is 1.20. The average molecular weight is 419 g/mol. The lowest BCUT2D eigenvalue weighted by atomic mass is 10.2. The van der Waals surface area contributed by atoms with E-state index in [9.17, 15) is 8.42 Å². The number of ether oxygens (including phenoxy) is 1. The molecule has 28 heavy (non-hydrogen) atoms. The van der Waals surface area contributed by atoms with E-state index in [0.29, 0.717) is 12.5 Å². The Bertz CT molecular complexity index is 1090. The summed E-state index contributed by atoms with van der Waals surface area (Å²) in [7, 11) is -0.834. The molecule has 3 rings (SSSR count). The van der Waals surface area contributed by atoms with Gasteiger partial charge in [0.2, 0.25) is 15.8 Å². The van der Waals surface area contributed by atoms with Crippen molar-refractivity contribution in [3.05, 3.63) is 65.3 Å². The Morgan fingerprint density at radius 3 is 2.50 bits per heavy atom. The smallest absolute Gasteiger partial charge is 0.227 e. The Hall–Kier alpha value is -2.84. The van der Waals surface area contributed by atoms with Crippen LogP contribution in [0.4, 0.5) is 11.8 Å². The zero-order valence-electron chi connectivity index (χ0n) is 15.3. The van der Waals surface area contributed by atoms with E-state index >= 15 is 0 Å². The molecule has 0 aliphatic carbocycles. The molecule has 1 heterocycles. The molecule has 9 heteroatoms. The topological polar surface area (TPSA) is 98.4 Å². The van der Waals surface area contributed by atoms with Gasteiger partial charge in [-0.3, -0.25) is 0 Å². The largest absolute Gasteiger partial charge is 0.495 e. The molecule has 0 amide bonds. The van der Waals surface area contributed by atoms with Crippen LogP contribution in [0.1, 0.15) is 5.56 Å². The Morgan fingerprint density at radius 2 is 1.86 bits per heavy atom. The van der Waals surface area contributed by atoms with Crippen molar-refractivity contribution in [1.82, 2.24) is 9.97 Å². The van der Waals surface area contributed by atoms with Crippen molar-refractivity contribution in [2.24, 2.45) is 0 Å². The molecular weight excluding hydrogens is 400 g/mol. The van der Waals surface area contributed by atoms with Gasteiger partial charge in [0.1, 0.15) is 21.4 Å². The van der Waals surface area contributed by atoms with Crippen LogP contribution in [0.15, 0.2) is 64.5 Å². The maximum absolute atomic E-state index is 13.0. The molecule has 146 valence electrons. The first-order valence-corrected chi connectivity index (χ1v) is 10.1. The van der Waals surface area contributed by atoms with Crippen molar-refractivity contribution in [2.45, 2.75) is 16.3 Å². The Labute approximate surface area is 168 Å². The highest BCUT2D eigenvalue weighted by molar-refractivity contribution is 7.91. The van der Waals surface area contributed by atoms with Crippen molar-refractivity contribution in [1.29, 1.82) is 0 Å². The second-order valence-electron chi connectivity index (χ2n) is 6.06. The number of hydrogen-bond donors (Lipinski definition) is 1. The number of nitrogen functional groups attached to an aromatic ring is 1. The third kappa shape index (κ3) is 4.02. The van der Waals surface area contributed by atoms with Crippen LogP contribution in [0.2, 0.25) is 5.02 Å². The van der Waals surface area contributed by atoms with E-state index in [4.69, 9.17) is 22.1 Å². The normalized spacial score (nSPS) is 11.2. The maximum atomic E-state index is 13.0. The zero-order valence-corrected chi connectivity index (χ0v) is 16.9. The lowest BCUT2D eigenvalue weighted by molar-refractivity contribution is 0.402. The Kier molecular flexibility index (Phi) is 5.71. The minimum absolute atomic E-state index is 0.0943. The molecule has 0 saturated carbocycles. The minimum atomic E-state index is -4.01. The monoisotopic (exact) mass is 418 g/mol. The number of benzene rings is 2. The molecule has 0 aliphatic heterocycles. The van der Waals surface area contributed by atoms with Crippen LogP contribution in [0.25, 0.3) is 0 Å². The molecule has 3 aromatic rings. The minimum Gasteiger partial charge on any atom is -0.495 e. The summed E-state index contributed by atoms with van der Waals surface area (Å²) in [6, 6.07) is 14.1. The fraction of sp³-hybridized carbons (Fsp3) is 0.158. The number of aromatic nitrogens is 2. The van der Waals surface area contributed by atoms with Gasteiger partial charge in [-0.15, -0.1) is 0 Å². The summed E-state index contributed by atoms with van der Waals surface area (Å²) in [4.78, 5) is 9.85. The van der Waals surface area contributed by atoms with Gasteiger partial charge in [0.25, 0.3) is 0 Å². The van der Waals surface area contributed by atoms with E-state index in [1.165, 1.54) is 25.4 Å². The molecule has 0 unspecified atom stereocenters. The van der Waals surface area contributed by atoms with E-state index in [-0.39, 0.29) is 26.4 Å². The van der Waals surface area contributed by atoms with Gasteiger partial charge >= 0.3 is 0 Å².